The highest BCUT2D eigenvalue weighted by molar-refractivity contribution is 7.26. The van der Waals surface area contributed by atoms with Crippen LogP contribution < -0.4 is 5.32 Å². The van der Waals surface area contributed by atoms with E-state index in [-0.39, 0.29) is 6.17 Å². The Hall–Kier alpha value is -7.02. The highest BCUT2D eigenvalue weighted by Crippen LogP contribution is 2.46. The number of aromatic nitrogens is 1. The van der Waals surface area contributed by atoms with Gasteiger partial charge in [0.15, 0.2) is 11.4 Å². The second-order valence-electron chi connectivity index (χ2n) is 14.8. The summed E-state index contributed by atoms with van der Waals surface area (Å²) in [5, 5.41) is 10.7. The summed E-state index contributed by atoms with van der Waals surface area (Å²) < 4.78 is 11.8. The van der Waals surface area contributed by atoms with E-state index in [4.69, 9.17) is 14.4 Å². The van der Waals surface area contributed by atoms with Crippen molar-refractivity contribution in [3.63, 3.8) is 0 Å². The fraction of sp³-hybridized carbons (Fsp3) is 0.0588. The van der Waals surface area contributed by atoms with Gasteiger partial charge in [-0.1, -0.05) is 146 Å². The van der Waals surface area contributed by atoms with Crippen molar-refractivity contribution in [2.45, 2.75) is 19.0 Å². The van der Waals surface area contributed by atoms with Crippen LogP contribution in [0.15, 0.2) is 190 Å². The van der Waals surface area contributed by atoms with Crippen LogP contribution in [0.3, 0.4) is 0 Å². The maximum absolute atomic E-state index is 7.09. The average Bonchev–Trinajstić information content (AvgIpc) is 3.97. The molecule has 3 aromatic heterocycles. The van der Waals surface area contributed by atoms with Crippen LogP contribution in [0.1, 0.15) is 24.0 Å². The predicted molar refractivity (Wildman–Crippen MR) is 239 cm³/mol. The number of aliphatic imine (C=N–C) groups is 2. The molecule has 5 nitrogen and oxygen atoms in total. The van der Waals surface area contributed by atoms with Gasteiger partial charge in [0.2, 0.25) is 0 Å². The van der Waals surface area contributed by atoms with Gasteiger partial charge < -0.3 is 14.3 Å². The van der Waals surface area contributed by atoms with Gasteiger partial charge in [-0.05, 0) is 42.7 Å². The summed E-state index contributed by atoms with van der Waals surface area (Å²) in [4.78, 5) is 10.5. The Balaban J connectivity index is 1.05. The number of allylic oxidation sites excluding steroid dienone is 2. The van der Waals surface area contributed by atoms with Crippen LogP contribution in [0.25, 0.3) is 80.7 Å². The fourth-order valence-electron chi connectivity index (χ4n) is 8.90. The zero-order valence-electron chi connectivity index (χ0n) is 30.8. The lowest BCUT2D eigenvalue weighted by molar-refractivity contribution is 0.667. The molecular weight excluding hydrogens is 717 g/mol. The minimum atomic E-state index is -0.220. The molecule has 57 heavy (non-hydrogen) atoms. The monoisotopic (exact) mass is 750 g/mol. The van der Waals surface area contributed by atoms with Crippen molar-refractivity contribution >= 4 is 86.9 Å². The molecule has 4 heterocycles. The zero-order chi connectivity index (χ0) is 37.5. The van der Waals surface area contributed by atoms with Crippen molar-refractivity contribution in [1.82, 2.24) is 9.88 Å². The Kier molecular flexibility index (Phi) is 7.22. The summed E-state index contributed by atoms with van der Waals surface area (Å²) in [7, 11) is 0. The second-order valence-corrected chi connectivity index (χ2v) is 15.8. The molecule has 0 radical (unpaired) electrons. The number of benzene rings is 7. The maximum atomic E-state index is 7.09. The van der Waals surface area contributed by atoms with Crippen molar-refractivity contribution < 1.29 is 4.42 Å². The first-order valence-corrected chi connectivity index (χ1v) is 20.3. The van der Waals surface area contributed by atoms with Crippen molar-refractivity contribution in [3.05, 3.63) is 187 Å². The van der Waals surface area contributed by atoms with Crippen LogP contribution in [0.5, 0.6) is 0 Å². The van der Waals surface area contributed by atoms with E-state index in [0.29, 0.717) is 0 Å². The van der Waals surface area contributed by atoms with Gasteiger partial charge in [-0.25, -0.2) is 9.98 Å². The lowest BCUT2D eigenvalue weighted by Gasteiger charge is -2.25. The van der Waals surface area contributed by atoms with Gasteiger partial charge in [0, 0.05) is 64.0 Å². The van der Waals surface area contributed by atoms with E-state index in [1.165, 1.54) is 36.5 Å². The molecule has 1 unspecified atom stereocenters. The largest absolute Gasteiger partial charge is 0.453 e. The number of hydrogen-bond acceptors (Lipinski definition) is 5. The number of nitrogens with zero attached hydrogens (tertiary/aromatic N) is 3. The molecule has 12 rings (SSSR count). The Morgan fingerprint density at radius 3 is 1.91 bits per heavy atom. The third-order valence-corrected chi connectivity index (χ3v) is 12.8. The molecule has 10 aromatic rings. The molecule has 1 N–H and O–H groups in total. The van der Waals surface area contributed by atoms with E-state index < -0.39 is 0 Å². The first-order valence-electron chi connectivity index (χ1n) is 19.5. The highest BCUT2D eigenvalue weighted by Gasteiger charge is 2.25. The smallest absolute Gasteiger partial charge is 0.160 e. The van der Waals surface area contributed by atoms with Gasteiger partial charge in [-0.15, -0.1) is 11.3 Å². The van der Waals surface area contributed by atoms with E-state index in [2.05, 4.69) is 174 Å². The quantitative estimate of drug-likeness (QED) is 0.190. The second kappa shape index (κ2) is 12.8. The summed E-state index contributed by atoms with van der Waals surface area (Å²) in [5.41, 5.74) is 10.6. The molecule has 2 aliphatic rings. The SMILES string of the molecule is C1=CC(C2N=C(c3cccc4c3sc3c(-c5cccc6c5oc5c(-n7c8ccccc8c8ccccc87)cccc56)cccc34)N=C(c3ccccc3)N2)=CCC1. The van der Waals surface area contributed by atoms with Gasteiger partial charge in [-0.3, -0.25) is 0 Å². The van der Waals surface area contributed by atoms with Gasteiger partial charge in [0.05, 0.1) is 16.7 Å². The molecule has 0 spiro atoms. The Morgan fingerprint density at radius 1 is 0.561 bits per heavy atom. The normalized spacial score (nSPS) is 15.8. The summed E-state index contributed by atoms with van der Waals surface area (Å²) in [6, 6.07) is 53.9. The highest BCUT2D eigenvalue weighted by atomic mass is 32.1. The van der Waals surface area contributed by atoms with Gasteiger partial charge in [0.25, 0.3) is 0 Å². The molecule has 0 saturated heterocycles. The summed E-state index contributed by atoms with van der Waals surface area (Å²) in [6.45, 7) is 0. The lowest BCUT2D eigenvalue weighted by Crippen LogP contribution is -2.40. The number of fused-ring (bicyclic) bond motifs is 9. The molecule has 0 amide bonds. The van der Waals surface area contributed by atoms with Crippen molar-refractivity contribution in [3.8, 4) is 16.8 Å². The predicted octanol–water partition coefficient (Wildman–Crippen LogP) is 13.1. The number of para-hydroxylation sites is 4. The van der Waals surface area contributed by atoms with Crippen LogP contribution in [-0.2, 0) is 0 Å². The molecule has 6 heteroatoms. The molecule has 0 saturated carbocycles. The van der Waals surface area contributed by atoms with E-state index in [9.17, 15) is 0 Å². The minimum absolute atomic E-state index is 0.220. The third kappa shape index (κ3) is 5.00. The van der Waals surface area contributed by atoms with Crippen LogP contribution in [-0.4, -0.2) is 22.4 Å². The van der Waals surface area contributed by atoms with Crippen LogP contribution in [0.2, 0.25) is 0 Å². The van der Waals surface area contributed by atoms with Crippen molar-refractivity contribution in [2.24, 2.45) is 9.98 Å². The van der Waals surface area contributed by atoms with Crippen LogP contribution >= 0.6 is 11.3 Å². The molecule has 1 aliphatic carbocycles. The Morgan fingerprint density at radius 2 is 1.18 bits per heavy atom. The zero-order valence-corrected chi connectivity index (χ0v) is 31.6. The summed E-state index contributed by atoms with van der Waals surface area (Å²) >= 11 is 1.81. The maximum Gasteiger partial charge on any atom is 0.160 e. The van der Waals surface area contributed by atoms with Crippen LogP contribution in [0, 0.1) is 0 Å². The molecular formula is C51H34N4OS. The van der Waals surface area contributed by atoms with E-state index in [1.54, 1.807) is 0 Å². The number of hydrogen-bond donors (Lipinski definition) is 1. The molecule has 7 aromatic carbocycles. The fourth-order valence-corrected chi connectivity index (χ4v) is 10.2. The van der Waals surface area contributed by atoms with E-state index >= 15 is 0 Å². The number of amidine groups is 2. The van der Waals surface area contributed by atoms with Crippen molar-refractivity contribution in [2.75, 3.05) is 0 Å². The molecule has 0 bridgehead atoms. The topological polar surface area (TPSA) is 54.8 Å². The summed E-state index contributed by atoms with van der Waals surface area (Å²) in [5.74, 6) is 1.58. The molecule has 1 aliphatic heterocycles. The molecule has 0 fully saturated rings. The van der Waals surface area contributed by atoms with Crippen molar-refractivity contribution in [1.29, 1.82) is 0 Å². The average molecular weight is 751 g/mol. The van der Waals surface area contributed by atoms with E-state index in [1.807, 2.05) is 17.4 Å². The van der Waals surface area contributed by atoms with Gasteiger partial charge >= 0.3 is 0 Å². The van der Waals surface area contributed by atoms with Gasteiger partial charge in [-0.2, -0.15) is 0 Å². The summed E-state index contributed by atoms with van der Waals surface area (Å²) in [6.07, 6.45) is 8.59. The van der Waals surface area contributed by atoms with Gasteiger partial charge in [0.1, 0.15) is 17.6 Å². The lowest BCUT2D eigenvalue weighted by atomic mass is 9.99. The number of rotatable bonds is 5. The standard InChI is InChI=1S/C51H34N4OS/c1-3-15-31(16-4-1)49-52-50(32-17-5-2-6-18-32)54-51(53-49)41-27-13-26-40-39-25-12-24-38(47(39)57-48(40)41)37-22-11-21-35-36-23-14-30-44(46(36)56-45(35)37)55-42-28-9-7-19-33(42)34-20-8-10-29-43(34)55/h1,3-5,7-30,50H,2,6H2,(H,52,53,54). The first-order chi connectivity index (χ1) is 28.3. The Labute approximate surface area is 332 Å². The number of nitrogens with one attached hydrogen (secondary N) is 1. The molecule has 270 valence electrons. The minimum Gasteiger partial charge on any atom is -0.453 e. The molecule has 1 atom stereocenters. The Bertz CT molecular complexity index is 3340. The number of thiophene rings is 1. The third-order valence-electron chi connectivity index (χ3n) is 11.5. The van der Waals surface area contributed by atoms with E-state index in [0.717, 1.165) is 85.4 Å². The first kappa shape index (κ1) is 32.2. The number of furan rings is 1. The van der Waals surface area contributed by atoms with Crippen LogP contribution in [0.4, 0.5) is 0 Å².